The van der Waals surface area contributed by atoms with Crippen LogP contribution in [0.4, 0.5) is 10.1 Å². The zero-order valence-electron chi connectivity index (χ0n) is 19.1. The van der Waals surface area contributed by atoms with E-state index in [4.69, 9.17) is 4.74 Å². The number of halogens is 1. The molecule has 0 spiro atoms. The van der Waals surface area contributed by atoms with E-state index in [-0.39, 0.29) is 22.9 Å². The van der Waals surface area contributed by atoms with Crippen LogP contribution in [0, 0.1) is 11.7 Å². The number of carboxylic acid groups (broad SMARTS) is 1. The van der Waals surface area contributed by atoms with Gasteiger partial charge in [-0.05, 0) is 64.5 Å². The molecule has 33 heavy (non-hydrogen) atoms. The SMILES string of the molecule is CC(C)(C)OC(CC1CCN(c2cc3c(cc2F)c(=O)c(C(=O)O)cn3C2CC2)C1)NC=O. The van der Waals surface area contributed by atoms with Crippen molar-refractivity contribution in [3.8, 4) is 0 Å². The molecule has 1 aliphatic carbocycles. The number of fused-ring (bicyclic) bond motifs is 1. The molecular weight excluding hydrogens is 429 g/mol. The van der Waals surface area contributed by atoms with Gasteiger partial charge in [-0.3, -0.25) is 9.59 Å². The van der Waals surface area contributed by atoms with E-state index in [1.807, 2.05) is 25.7 Å². The first-order valence-electron chi connectivity index (χ1n) is 11.3. The number of carbonyl (C=O) groups is 2. The van der Waals surface area contributed by atoms with Gasteiger partial charge in [-0.2, -0.15) is 0 Å². The Morgan fingerprint density at radius 1 is 1.33 bits per heavy atom. The largest absolute Gasteiger partial charge is 0.477 e. The third kappa shape index (κ3) is 5.03. The minimum atomic E-state index is -1.31. The van der Waals surface area contributed by atoms with Gasteiger partial charge in [-0.25, -0.2) is 9.18 Å². The van der Waals surface area contributed by atoms with Crippen molar-refractivity contribution in [1.82, 2.24) is 9.88 Å². The maximum Gasteiger partial charge on any atom is 0.341 e. The molecule has 2 unspecified atom stereocenters. The van der Waals surface area contributed by atoms with E-state index in [0.717, 1.165) is 19.3 Å². The number of nitrogens with zero attached hydrogens (tertiary/aromatic N) is 2. The molecule has 1 saturated carbocycles. The van der Waals surface area contributed by atoms with Crippen LogP contribution in [0.1, 0.15) is 62.9 Å². The zero-order valence-corrected chi connectivity index (χ0v) is 19.1. The number of ether oxygens (including phenoxy) is 1. The van der Waals surface area contributed by atoms with E-state index in [0.29, 0.717) is 37.1 Å². The maximum atomic E-state index is 15.1. The smallest absolute Gasteiger partial charge is 0.341 e. The molecule has 2 N–H and O–H groups in total. The average molecular weight is 460 g/mol. The predicted octanol–water partition coefficient (Wildman–Crippen LogP) is 3.28. The van der Waals surface area contributed by atoms with Crippen LogP contribution in [-0.2, 0) is 9.53 Å². The van der Waals surface area contributed by atoms with Gasteiger partial charge in [0.05, 0.1) is 16.8 Å². The lowest BCUT2D eigenvalue weighted by molar-refractivity contribution is -0.121. The van der Waals surface area contributed by atoms with Gasteiger partial charge in [0.15, 0.2) is 0 Å². The average Bonchev–Trinajstić information content (AvgIpc) is 3.46. The van der Waals surface area contributed by atoms with E-state index in [1.54, 1.807) is 10.6 Å². The summed E-state index contributed by atoms with van der Waals surface area (Å²) < 4.78 is 22.9. The van der Waals surface area contributed by atoms with Gasteiger partial charge in [0, 0.05) is 30.7 Å². The fourth-order valence-corrected chi connectivity index (χ4v) is 4.61. The number of pyridine rings is 1. The number of aromatic carboxylic acids is 1. The molecule has 2 aromatic rings. The Kier molecular flexibility index (Phi) is 6.18. The number of amides is 1. The Balaban J connectivity index is 1.61. The van der Waals surface area contributed by atoms with Gasteiger partial charge in [0.1, 0.15) is 17.6 Å². The van der Waals surface area contributed by atoms with Gasteiger partial charge >= 0.3 is 5.97 Å². The molecule has 1 aromatic heterocycles. The molecule has 4 rings (SSSR count). The van der Waals surface area contributed by atoms with E-state index in [9.17, 15) is 19.5 Å². The summed E-state index contributed by atoms with van der Waals surface area (Å²) in [7, 11) is 0. The molecule has 2 heterocycles. The summed E-state index contributed by atoms with van der Waals surface area (Å²) in [6, 6.07) is 2.97. The fourth-order valence-electron chi connectivity index (χ4n) is 4.61. The van der Waals surface area contributed by atoms with E-state index >= 15 is 4.39 Å². The number of nitrogens with one attached hydrogen (secondary N) is 1. The highest BCUT2D eigenvalue weighted by Crippen LogP contribution is 2.39. The molecule has 178 valence electrons. The van der Waals surface area contributed by atoms with Crippen molar-refractivity contribution in [2.75, 3.05) is 18.0 Å². The minimum Gasteiger partial charge on any atom is -0.477 e. The summed E-state index contributed by atoms with van der Waals surface area (Å²) in [6.07, 6.45) is 4.81. The summed E-state index contributed by atoms with van der Waals surface area (Å²) >= 11 is 0. The van der Waals surface area contributed by atoms with Crippen LogP contribution in [0.3, 0.4) is 0 Å². The molecule has 1 saturated heterocycles. The fraction of sp³-hybridized carbons (Fsp3) is 0.542. The standard InChI is InChI=1S/C24H30FN3O5/c1-24(2,3)33-21(26-13-29)8-14-6-7-27(11-14)20-10-19-16(9-18(20)25)22(30)17(23(31)32)12-28(19)15-4-5-15/h9-10,12-15,21H,4-8,11H2,1-3H3,(H,26,29)(H,31,32). The highest BCUT2D eigenvalue weighted by Gasteiger charge is 2.31. The Morgan fingerprint density at radius 3 is 2.67 bits per heavy atom. The van der Waals surface area contributed by atoms with Crippen LogP contribution < -0.4 is 15.6 Å². The van der Waals surface area contributed by atoms with Crippen molar-refractivity contribution in [3.05, 3.63) is 39.9 Å². The number of rotatable bonds is 8. The molecule has 9 heteroatoms. The first-order chi connectivity index (χ1) is 15.6. The van der Waals surface area contributed by atoms with E-state index < -0.39 is 29.0 Å². The number of hydrogen-bond donors (Lipinski definition) is 2. The quantitative estimate of drug-likeness (QED) is 0.464. The van der Waals surface area contributed by atoms with Gasteiger partial charge in [0.25, 0.3) is 0 Å². The molecule has 1 aliphatic heterocycles. The van der Waals surface area contributed by atoms with Crippen LogP contribution in [0.2, 0.25) is 0 Å². The summed E-state index contributed by atoms with van der Waals surface area (Å²) in [5, 5.41) is 12.2. The molecule has 2 aliphatic rings. The summed E-state index contributed by atoms with van der Waals surface area (Å²) in [5.41, 5.74) is -0.455. The van der Waals surface area contributed by atoms with Crippen molar-refractivity contribution >= 4 is 29.0 Å². The minimum absolute atomic E-state index is 0.0904. The lowest BCUT2D eigenvalue weighted by atomic mass is 10.0. The molecule has 8 nitrogen and oxygen atoms in total. The molecule has 0 radical (unpaired) electrons. The number of anilines is 1. The summed E-state index contributed by atoms with van der Waals surface area (Å²) in [5.74, 6) is -1.65. The van der Waals surface area contributed by atoms with Gasteiger partial charge < -0.3 is 24.6 Å². The molecule has 1 aromatic carbocycles. The Morgan fingerprint density at radius 2 is 2.06 bits per heavy atom. The van der Waals surface area contributed by atoms with Crippen molar-refractivity contribution in [2.45, 2.75) is 64.3 Å². The Hall–Kier alpha value is -2.94. The van der Waals surface area contributed by atoms with Crippen LogP contribution >= 0.6 is 0 Å². The zero-order chi connectivity index (χ0) is 23.9. The first kappa shape index (κ1) is 23.2. The van der Waals surface area contributed by atoms with Crippen molar-refractivity contribution in [1.29, 1.82) is 0 Å². The van der Waals surface area contributed by atoms with Gasteiger partial charge in [-0.15, -0.1) is 0 Å². The highest BCUT2D eigenvalue weighted by molar-refractivity contribution is 5.93. The number of aromatic nitrogens is 1. The topological polar surface area (TPSA) is 101 Å². The van der Waals surface area contributed by atoms with Crippen LogP contribution in [0.15, 0.2) is 23.1 Å². The second-order valence-electron chi connectivity index (χ2n) is 9.98. The molecular formula is C24H30FN3O5. The monoisotopic (exact) mass is 459 g/mol. The number of carboxylic acids is 1. The second-order valence-corrected chi connectivity index (χ2v) is 9.98. The normalized spacial score (nSPS) is 19.6. The van der Waals surface area contributed by atoms with Crippen LogP contribution in [-0.4, -0.2) is 47.0 Å². The predicted molar refractivity (Wildman–Crippen MR) is 122 cm³/mol. The molecule has 0 bridgehead atoms. The number of benzene rings is 1. The van der Waals surface area contributed by atoms with Crippen LogP contribution in [0.25, 0.3) is 10.9 Å². The number of hydrogen-bond acceptors (Lipinski definition) is 5. The lowest BCUT2D eigenvalue weighted by Gasteiger charge is -2.29. The van der Waals surface area contributed by atoms with Gasteiger partial charge in [0.2, 0.25) is 11.8 Å². The van der Waals surface area contributed by atoms with Crippen molar-refractivity contribution < 1.29 is 23.8 Å². The summed E-state index contributed by atoms with van der Waals surface area (Å²) in [6.45, 7) is 7.00. The van der Waals surface area contributed by atoms with Crippen molar-refractivity contribution in [3.63, 3.8) is 0 Å². The molecule has 1 amide bonds. The highest BCUT2D eigenvalue weighted by atomic mass is 19.1. The van der Waals surface area contributed by atoms with E-state index in [1.165, 1.54) is 12.3 Å². The molecule has 2 fully saturated rings. The van der Waals surface area contributed by atoms with Crippen LogP contribution in [0.5, 0.6) is 0 Å². The third-order valence-electron chi connectivity index (χ3n) is 6.20. The third-order valence-corrected chi connectivity index (χ3v) is 6.20. The number of carbonyl (C=O) groups excluding carboxylic acids is 1. The second kappa shape index (κ2) is 8.78. The van der Waals surface area contributed by atoms with E-state index in [2.05, 4.69) is 5.32 Å². The van der Waals surface area contributed by atoms with Crippen molar-refractivity contribution in [2.24, 2.45) is 5.92 Å². The summed E-state index contributed by atoms with van der Waals surface area (Å²) in [4.78, 5) is 37.1. The Labute approximate surface area is 191 Å². The van der Waals surface area contributed by atoms with Gasteiger partial charge in [-0.1, -0.05) is 0 Å². The lowest BCUT2D eigenvalue weighted by Crippen LogP contribution is -2.39. The maximum absolute atomic E-state index is 15.1. The Bertz CT molecular complexity index is 1140. The molecule has 2 atom stereocenters. The first-order valence-corrected chi connectivity index (χ1v) is 11.3.